The Morgan fingerprint density at radius 3 is 2.94 bits per heavy atom. The van der Waals surface area contributed by atoms with Crippen LogP contribution in [-0.4, -0.2) is 17.1 Å². The Kier molecular flexibility index (Phi) is 3.06. The van der Waals surface area contributed by atoms with Gasteiger partial charge in [0.1, 0.15) is 0 Å². The lowest BCUT2D eigenvalue weighted by atomic mass is 9.93. The molecule has 1 aromatic carbocycles. The van der Waals surface area contributed by atoms with E-state index in [0.717, 1.165) is 11.2 Å². The van der Waals surface area contributed by atoms with Crippen molar-refractivity contribution < 1.29 is 9.90 Å². The number of hydrogen-bond acceptors (Lipinski definition) is 3. The number of carbonyl (C=O) groups is 1. The summed E-state index contributed by atoms with van der Waals surface area (Å²) in [6, 6.07) is 6.05. The van der Waals surface area contributed by atoms with Gasteiger partial charge in [-0.25, -0.2) is 4.79 Å². The van der Waals surface area contributed by atoms with Gasteiger partial charge in [0.05, 0.1) is 5.56 Å². The molecular formula is C14H15NO2S. The third-order valence-corrected chi connectivity index (χ3v) is 4.58. The van der Waals surface area contributed by atoms with Gasteiger partial charge in [-0.2, -0.15) is 0 Å². The van der Waals surface area contributed by atoms with Crippen molar-refractivity contribution in [2.45, 2.75) is 31.8 Å². The Morgan fingerprint density at radius 1 is 1.44 bits per heavy atom. The number of aromatic carboxylic acids is 1. The van der Waals surface area contributed by atoms with Crippen LogP contribution >= 0.6 is 11.3 Å². The van der Waals surface area contributed by atoms with Gasteiger partial charge in [-0.3, -0.25) is 0 Å². The first kappa shape index (κ1) is 11.7. The van der Waals surface area contributed by atoms with E-state index in [4.69, 9.17) is 5.11 Å². The molecular weight excluding hydrogens is 246 g/mol. The molecule has 1 fully saturated rings. The van der Waals surface area contributed by atoms with Crippen molar-refractivity contribution in [3.05, 3.63) is 34.7 Å². The average molecular weight is 261 g/mol. The van der Waals surface area contributed by atoms with Gasteiger partial charge in [0.25, 0.3) is 0 Å². The fourth-order valence-electron chi connectivity index (χ4n) is 2.22. The van der Waals surface area contributed by atoms with Crippen molar-refractivity contribution in [3.8, 4) is 0 Å². The maximum absolute atomic E-state index is 10.9. The summed E-state index contributed by atoms with van der Waals surface area (Å²) >= 11 is 1.62. The molecule has 0 atom stereocenters. The number of fused-ring (bicyclic) bond motifs is 1. The second kappa shape index (κ2) is 4.71. The lowest BCUT2D eigenvalue weighted by molar-refractivity contribution is 0.0697. The smallest absolute Gasteiger partial charge is 0.335 e. The van der Waals surface area contributed by atoms with Crippen LogP contribution in [0.5, 0.6) is 0 Å². The topological polar surface area (TPSA) is 49.3 Å². The van der Waals surface area contributed by atoms with E-state index in [1.54, 1.807) is 23.5 Å². The molecule has 1 heterocycles. The molecule has 2 aromatic rings. The SMILES string of the molecule is O=C(O)c1ccc2c(CNC3CCC3)csc2c1. The van der Waals surface area contributed by atoms with E-state index >= 15 is 0 Å². The molecule has 18 heavy (non-hydrogen) atoms. The molecule has 1 saturated carbocycles. The summed E-state index contributed by atoms with van der Waals surface area (Å²) in [5.74, 6) is -0.862. The number of rotatable bonds is 4. The van der Waals surface area contributed by atoms with E-state index in [2.05, 4.69) is 10.7 Å². The maximum Gasteiger partial charge on any atom is 0.335 e. The van der Waals surface area contributed by atoms with E-state index in [0.29, 0.717) is 11.6 Å². The van der Waals surface area contributed by atoms with Gasteiger partial charge in [-0.1, -0.05) is 12.5 Å². The summed E-state index contributed by atoms with van der Waals surface area (Å²) in [5, 5.41) is 15.8. The lowest BCUT2D eigenvalue weighted by Crippen LogP contribution is -2.34. The number of carboxylic acid groups (broad SMARTS) is 1. The molecule has 0 amide bonds. The molecule has 0 saturated heterocycles. The van der Waals surface area contributed by atoms with Gasteiger partial charge in [-0.05, 0) is 41.3 Å². The zero-order valence-corrected chi connectivity index (χ0v) is 10.8. The highest BCUT2D eigenvalue weighted by molar-refractivity contribution is 7.17. The first-order chi connectivity index (χ1) is 8.74. The third kappa shape index (κ3) is 2.13. The average Bonchev–Trinajstić information content (AvgIpc) is 2.69. The minimum Gasteiger partial charge on any atom is -0.478 e. The predicted molar refractivity (Wildman–Crippen MR) is 73.3 cm³/mol. The molecule has 0 radical (unpaired) electrons. The van der Waals surface area contributed by atoms with Crippen molar-refractivity contribution >= 4 is 27.4 Å². The van der Waals surface area contributed by atoms with Crippen LogP contribution in [0.25, 0.3) is 10.1 Å². The van der Waals surface area contributed by atoms with Crippen LogP contribution in [0.2, 0.25) is 0 Å². The molecule has 3 rings (SSSR count). The summed E-state index contributed by atoms with van der Waals surface area (Å²) in [6.45, 7) is 0.886. The molecule has 1 aliphatic carbocycles. The van der Waals surface area contributed by atoms with Crippen LogP contribution in [0.15, 0.2) is 23.6 Å². The van der Waals surface area contributed by atoms with Crippen LogP contribution in [0, 0.1) is 0 Å². The predicted octanol–water partition coefficient (Wildman–Crippen LogP) is 3.24. The van der Waals surface area contributed by atoms with Crippen molar-refractivity contribution in [1.82, 2.24) is 5.32 Å². The fourth-order valence-corrected chi connectivity index (χ4v) is 3.22. The first-order valence-electron chi connectivity index (χ1n) is 6.21. The van der Waals surface area contributed by atoms with Gasteiger partial charge in [0.2, 0.25) is 0 Å². The van der Waals surface area contributed by atoms with Crippen LogP contribution < -0.4 is 5.32 Å². The highest BCUT2D eigenvalue weighted by atomic mass is 32.1. The monoisotopic (exact) mass is 261 g/mol. The molecule has 0 aliphatic heterocycles. The summed E-state index contributed by atoms with van der Waals surface area (Å²) in [6.07, 6.45) is 3.90. The lowest BCUT2D eigenvalue weighted by Gasteiger charge is -2.26. The Balaban J connectivity index is 1.82. The molecule has 2 N–H and O–H groups in total. The first-order valence-corrected chi connectivity index (χ1v) is 7.09. The number of benzene rings is 1. The molecule has 3 nitrogen and oxygen atoms in total. The molecule has 4 heteroatoms. The van der Waals surface area contributed by atoms with E-state index in [-0.39, 0.29) is 0 Å². The maximum atomic E-state index is 10.9. The van der Waals surface area contributed by atoms with Crippen molar-refractivity contribution in [2.24, 2.45) is 0 Å². The number of nitrogens with one attached hydrogen (secondary N) is 1. The minimum atomic E-state index is -0.862. The second-order valence-corrected chi connectivity index (χ2v) is 5.70. The summed E-state index contributed by atoms with van der Waals surface area (Å²) < 4.78 is 1.06. The van der Waals surface area contributed by atoms with Gasteiger partial charge < -0.3 is 10.4 Å². The van der Waals surface area contributed by atoms with E-state index < -0.39 is 5.97 Å². The molecule has 0 bridgehead atoms. The normalized spacial score (nSPS) is 15.8. The molecule has 0 spiro atoms. The van der Waals surface area contributed by atoms with Crippen LogP contribution in [0.3, 0.4) is 0 Å². The summed E-state index contributed by atoms with van der Waals surface area (Å²) in [7, 11) is 0. The molecule has 94 valence electrons. The van der Waals surface area contributed by atoms with Gasteiger partial charge in [0.15, 0.2) is 0 Å². The van der Waals surface area contributed by atoms with Crippen LogP contribution in [0.4, 0.5) is 0 Å². The standard InChI is InChI=1S/C14H15NO2S/c16-14(17)9-4-5-12-10(8-18-13(12)6-9)7-15-11-2-1-3-11/h4-6,8,11,15H,1-3,7H2,(H,16,17). The Morgan fingerprint density at radius 2 is 2.28 bits per heavy atom. The highest BCUT2D eigenvalue weighted by Crippen LogP contribution is 2.28. The molecule has 1 aromatic heterocycles. The van der Waals surface area contributed by atoms with Crippen molar-refractivity contribution in [2.75, 3.05) is 0 Å². The molecule has 0 unspecified atom stereocenters. The zero-order chi connectivity index (χ0) is 12.5. The largest absolute Gasteiger partial charge is 0.478 e. The Hall–Kier alpha value is -1.39. The quantitative estimate of drug-likeness (QED) is 0.888. The third-order valence-electron chi connectivity index (χ3n) is 3.59. The molecule has 1 aliphatic rings. The second-order valence-electron chi connectivity index (χ2n) is 4.79. The van der Waals surface area contributed by atoms with Gasteiger partial charge >= 0.3 is 5.97 Å². The summed E-state index contributed by atoms with van der Waals surface area (Å²) in [4.78, 5) is 10.9. The minimum absolute atomic E-state index is 0.364. The van der Waals surface area contributed by atoms with E-state index in [1.807, 2.05) is 6.07 Å². The van der Waals surface area contributed by atoms with Crippen molar-refractivity contribution in [3.63, 3.8) is 0 Å². The Labute approximate surface area is 109 Å². The number of hydrogen-bond donors (Lipinski definition) is 2. The van der Waals surface area contributed by atoms with E-state index in [9.17, 15) is 4.79 Å². The number of carboxylic acids is 1. The fraction of sp³-hybridized carbons (Fsp3) is 0.357. The van der Waals surface area contributed by atoms with Gasteiger partial charge in [-0.15, -0.1) is 11.3 Å². The Bertz CT molecular complexity index is 586. The summed E-state index contributed by atoms with van der Waals surface area (Å²) in [5.41, 5.74) is 1.64. The highest BCUT2D eigenvalue weighted by Gasteiger charge is 2.17. The van der Waals surface area contributed by atoms with Gasteiger partial charge in [0, 0.05) is 17.3 Å². The zero-order valence-electron chi connectivity index (χ0n) is 9.98. The number of thiophene rings is 1. The van der Waals surface area contributed by atoms with Crippen LogP contribution in [0.1, 0.15) is 35.2 Å². The van der Waals surface area contributed by atoms with E-state index in [1.165, 1.54) is 30.2 Å². The van der Waals surface area contributed by atoms with Crippen molar-refractivity contribution in [1.29, 1.82) is 0 Å². The van der Waals surface area contributed by atoms with Crippen LogP contribution in [-0.2, 0) is 6.54 Å².